The van der Waals surface area contributed by atoms with Crippen molar-refractivity contribution in [3.05, 3.63) is 70.1 Å². The fourth-order valence-corrected chi connectivity index (χ4v) is 8.50. The number of likely N-dealkylation sites (tertiary alicyclic amines) is 2. The highest BCUT2D eigenvalue weighted by Gasteiger charge is 2.49. The molecule has 0 saturated carbocycles. The summed E-state index contributed by atoms with van der Waals surface area (Å²) in [6, 6.07) is 12.9. The summed E-state index contributed by atoms with van der Waals surface area (Å²) in [7, 11) is 1.68. The molecule has 4 fully saturated rings. The van der Waals surface area contributed by atoms with E-state index in [1.165, 1.54) is 14.0 Å². The van der Waals surface area contributed by atoms with E-state index in [0.29, 0.717) is 50.2 Å². The van der Waals surface area contributed by atoms with Gasteiger partial charge in [-0.1, -0.05) is 57.2 Å². The maximum atomic E-state index is 14.4. The number of hydrogen-bond acceptors (Lipinski definition) is 9. The third-order valence-electron chi connectivity index (χ3n) is 12.0. The van der Waals surface area contributed by atoms with Gasteiger partial charge < -0.3 is 29.9 Å². The van der Waals surface area contributed by atoms with Gasteiger partial charge in [0, 0.05) is 46.1 Å². The van der Waals surface area contributed by atoms with Gasteiger partial charge in [0.2, 0.25) is 23.6 Å². The van der Waals surface area contributed by atoms with Crippen LogP contribution in [-0.2, 0) is 42.1 Å². The van der Waals surface area contributed by atoms with Crippen molar-refractivity contribution in [3.63, 3.8) is 0 Å². The van der Waals surface area contributed by atoms with Crippen LogP contribution in [-0.4, -0.2) is 111 Å². The van der Waals surface area contributed by atoms with Gasteiger partial charge in [-0.25, -0.2) is 9.59 Å². The van der Waals surface area contributed by atoms with E-state index in [1.54, 1.807) is 16.8 Å². The number of carbonyl (C=O) groups is 5. The summed E-state index contributed by atoms with van der Waals surface area (Å²) in [5, 5.41) is 2.34. The number of benzene rings is 2. The molecule has 1 unspecified atom stereocenters. The highest BCUT2D eigenvalue weighted by molar-refractivity contribution is 6.00. The number of fused-ring (bicyclic) bond motifs is 1. The van der Waals surface area contributed by atoms with Crippen molar-refractivity contribution < 1.29 is 33.4 Å². The van der Waals surface area contributed by atoms with E-state index < -0.39 is 41.6 Å². The maximum absolute atomic E-state index is 14.4. The van der Waals surface area contributed by atoms with Crippen LogP contribution in [0.2, 0.25) is 0 Å². The molecule has 3 N–H and O–H groups in total. The van der Waals surface area contributed by atoms with E-state index in [4.69, 9.17) is 15.2 Å². The summed E-state index contributed by atoms with van der Waals surface area (Å²) in [4.78, 5) is 84.3. The van der Waals surface area contributed by atoms with Crippen molar-refractivity contribution in [2.24, 2.45) is 24.1 Å². The van der Waals surface area contributed by atoms with E-state index in [1.807, 2.05) is 69.3 Å². The van der Waals surface area contributed by atoms with Crippen LogP contribution in [0.25, 0.3) is 11.0 Å². The molecular weight excluding hydrogens is 718 g/mol. The molecule has 0 radical (unpaired) electrons. The van der Waals surface area contributed by atoms with Gasteiger partial charge in [-0.2, -0.15) is 0 Å². The molecule has 4 aliphatic rings. The molecule has 5 amide bonds. The van der Waals surface area contributed by atoms with Crippen LogP contribution in [0.3, 0.4) is 0 Å². The number of ether oxygens (including phenoxy) is 2. The Balaban J connectivity index is 1.00. The topological polar surface area (TPSA) is 179 Å². The van der Waals surface area contributed by atoms with Crippen LogP contribution in [0, 0.1) is 11.3 Å². The van der Waals surface area contributed by atoms with Crippen LogP contribution >= 0.6 is 0 Å². The van der Waals surface area contributed by atoms with Crippen LogP contribution < -0.4 is 16.7 Å². The highest BCUT2D eigenvalue weighted by atomic mass is 16.6. The number of nitrogens with zero attached hydrogens (tertiary/aromatic N) is 5. The van der Waals surface area contributed by atoms with Crippen molar-refractivity contribution in [2.75, 3.05) is 39.3 Å². The highest BCUT2D eigenvalue weighted by Crippen LogP contribution is 2.32. The van der Waals surface area contributed by atoms with Crippen molar-refractivity contribution >= 4 is 40.8 Å². The van der Waals surface area contributed by atoms with Crippen molar-refractivity contribution in [3.8, 4) is 0 Å². The number of hydrogen-bond donors (Lipinski definition) is 2. The van der Waals surface area contributed by atoms with E-state index >= 15 is 0 Å². The Bertz CT molecular complexity index is 2050. The summed E-state index contributed by atoms with van der Waals surface area (Å²) in [6.45, 7) is 7.87. The zero-order valence-corrected chi connectivity index (χ0v) is 32.6. The van der Waals surface area contributed by atoms with Crippen LogP contribution in [0.5, 0.6) is 0 Å². The molecule has 0 bridgehead atoms. The van der Waals surface area contributed by atoms with Gasteiger partial charge in [-0.15, -0.1) is 0 Å². The quantitative estimate of drug-likeness (QED) is 0.342. The Labute approximate surface area is 326 Å². The number of aryl methyl sites for hydroxylation is 1. The number of morpholine rings is 1. The lowest BCUT2D eigenvalue weighted by molar-refractivity contribution is -0.153. The normalized spacial score (nSPS) is 24.3. The molecular formula is C41H53N7O8. The average molecular weight is 772 g/mol. The second-order valence-electron chi connectivity index (χ2n) is 16.7. The van der Waals surface area contributed by atoms with E-state index in [2.05, 4.69) is 5.32 Å². The Morgan fingerprint density at radius 2 is 1.66 bits per heavy atom. The Kier molecular flexibility index (Phi) is 11.1. The minimum atomic E-state index is -0.998. The molecule has 300 valence electrons. The molecule has 0 spiro atoms. The van der Waals surface area contributed by atoms with Crippen molar-refractivity contribution in [2.45, 2.75) is 89.6 Å². The van der Waals surface area contributed by atoms with E-state index in [-0.39, 0.29) is 54.8 Å². The Morgan fingerprint density at radius 3 is 2.36 bits per heavy atom. The smallest absolute Gasteiger partial charge is 0.410 e. The maximum Gasteiger partial charge on any atom is 0.410 e. The predicted octanol–water partition coefficient (Wildman–Crippen LogP) is 2.65. The van der Waals surface area contributed by atoms with Crippen LogP contribution in [0.1, 0.15) is 76.1 Å². The second-order valence-corrected chi connectivity index (χ2v) is 16.7. The van der Waals surface area contributed by atoms with Gasteiger partial charge in [0.05, 0.1) is 30.2 Å². The van der Waals surface area contributed by atoms with Gasteiger partial charge in [-0.05, 0) is 60.3 Å². The molecule has 0 aliphatic carbocycles. The predicted molar refractivity (Wildman–Crippen MR) is 206 cm³/mol. The molecule has 4 saturated heterocycles. The lowest BCUT2D eigenvalue weighted by Crippen LogP contribution is -2.59. The Morgan fingerprint density at radius 1 is 0.929 bits per heavy atom. The molecule has 56 heavy (non-hydrogen) atoms. The summed E-state index contributed by atoms with van der Waals surface area (Å²) >= 11 is 0. The number of imide groups is 1. The molecule has 15 heteroatoms. The number of nitrogens with two attached hydrogens (primary N) is 1. The summed E-state index contributed by atoms with van der Waals surface area (Å²) in [5.41, 5.74) is 8.94. The van der Waals surface area contributed by atoms with Gasteiger partial charge in [0.1, 0.15) is 24.3 Å². The fraction of sp³-hybridized carbons (Fsp3) is 0.561. The molecule has 15 nitrogen and oxygen atoms in total. The first kappa shape index (κ1) is 39.2. The molecule has 1 aromatic heterocycles. The minimum absolute atomic E-state index is 0.178. The number of amides is 5. The van der Waals surface area contributed by atoms with Gasteiger partial charge in [0.15, 0.2) is 0 Å². The van der Waals surface area contributed by atoms with Gasteiger partial charge in [-0.3, -0.25) is 33.6 Å². The van der Waals surface area contributed by atoms with E-state index in [9.17, 15) is 28.8 Å². The lowest BCUT2D eigenvalue weighted by Gasteiger charge is -2.39. The molecule has 7 rings (SSSR count). The van der Waals surface area contributed by atoms with Gasteiger partial charge >= 0.3 is 11.8 Å². The zero-order chi connectivity index (χ0) is 39.9. The first-order chi connectivity index (χ1) is 26.7. The summed E-state index contributed by atoms with van der Waals surface area (Å²) < 4.78 is 15.1. The first-order valence-corrected chi connectivity index (χ1v) is 19.7. The number of carbonyl (C=O) groups excluding carboxylic acids is 5. The first-order valence-electron chi connectivity index (χ1n) is 19.7. The largest absolute Gasteiger partial charge is 0.443 e. The fourth-order valence-electron chi connectivity index (χ4n) is 8.50. The van der Waals surface area contributed by atoms with Crippen molar-refractivity contribution in [1.29, 1.82) is 0 Å². The third kappa shape index (κ3) is 7.83. The molecule has 5 atom stereocenters. The molecule has 4 aliphatic heterocycles. The summed E-state index contributed by atoms with van der Waals surface area (Å²) in [5.74, 6) is -1.14. The lowest BCUT2D eigenvalue weighted by atomic mass is 9.86. The van der Waals surface area contributed by atoms with E-state index in [0.717, 1.165) is 30.4 Å². The molecule has 5 heterocycles. The van der Waals surface area contributed by atoms with Crippen molar-refractivity contribution in [1.82, 2.24) is 29.2 Å². The number of rotatable bonds is 7. The van der Waals surface area contributed by atoms with Crippen LogP contribution in [0.15, 0.2) is 53.3 Å². The molecule has 3 aromatic rings. The number of aromatic nitrogens is 2. The second kappa shape index (κ2) is 15.8. The number of piperidine rings is 2. The minimum Gasteiger partial charge on any atom is -0.443 e. The van der Waals surface area contributed by atoms with Gasteiger partial charge in [0.25, 0.3) is 0 Å². The standard InChI is InChI=1S/C41H53N7O8/c1-41(2,3)35(42)38(52)47-19-16-31(34(47)37(51)46-20-21-55-32(24-46)27-8-6-5-7-9-27)56-40(54)45-17-14-25(15-18-45)22-26-10-11-28-30(23-26)44(4)39(53)48(28)29-12-13-33(49)43-36(29)50/h5-11,23,25,29,31-32,34-35H,12-22,24,42H2,1-4H3,(H,43,49,50)/t29?,31-,32+,34+,35-/m1/s1. The third-order valence-corrected chi connectivity index (χ3v) is 12.0. The summed E-state index contributed by atoms with van der Waals surface area (Å²) in [6.07, 6.45) is 1.34. The average Bonchev–Trinajstić information content (AvgIpc) is 3.71. The SMILES string of the molecule is Cn1c(=O)n(C2CCC(=O)NC2=O)c2ccc(CC3CCN(C(=O)O[C@@H]4CCN(C(=O)[C@@H](N)C(C)(C)C)[C@@H]4C(=O)N4CCO[C@H](c5ccccc5)C4)CC3)cc21. The Hall–Kier alpha value is -5.02. The van der Waals surface area contributed by atoms with Crippen LogP contribution in [0.4, 0.5) is 4.79 Å². The molecule has 2 aromatic carbocycles. The zero-order valence-electron chi connectivity index (χ0n) is 32.6. The monoisotopic (exact) mass is 771 g/mol. The number of imidazole rings is 1. The number of nitrogens with one attached hydrogen (secondary N) is 1.